The average molecular weight is 1200 g/mol. The maximum absolute atomic E-state index is 11.9. The van der Waals surface area contributed by atoms with E-state index in [4.69, 9.17) is 9.47 Å². The van der Waals surface area contributed by atoms with Crippen molar-refractivity contribution < 1.29 is 53.2 Å². The van der Waals surface area contributed by atoms with E-state index in [-0.39, 0.29) is 46.0 Å². The quantitative estimate of drug-likeness (QED) is 0.0446. The number of rotatable bonds is 27. The Kier molecular flexibility index (Phi) is 31.0. The van der Waals surface area contributed by atoms with E-state index in [2.05, 4.69) is 101 Å². The number of piperazine rings is 2. The first-order valence-corrected chi connectivity index (χ1v) is 28.9. The number of carbonyl (C=O) groups is 2. The number of para-hydroxylation sites is 4. The van der Waals surface area contributed by atoms with Crippen LogP contribution in [0.2, 0.25) is 0 Å². The Morgan fingerprint density at radius 1 is 0.439 bits per heavy atom. The first kappa shape index (κ1) is 67.0. The molecule has 10 rings (SSSR count). The van der Waals surface area contributed by atoms with Gasteiger partial charge in [-0.25, -0.2) is 0 Å². The van der Waals surface area contributed by atoms with Crippen LogP contribution in [-0.4, -0.2) is 144 Å². The zero-order valence-electron chi connectivity index (χ0n) is 47.8. The van der Waals surface area contributed by atoms with Gasteiger partial charge in [-0.3, -0.25) is 28.8 Å². The first-order valence-electron chi connectivity index (χ1n) is 28.9. The fraction of sp³-hybridized carbons (Fsp3) is 0.406. The molecule has 82 heavy (non-hydrogen) atoms. The summed E-state index contributed by atoms with van der Waals surface area (Å²) < 4.78 is 14.9. The van der Waals surface area contributed by atoms with Crippen molar-refractivity contribution in [3.8, 4) is 11.5 Å². The number of benzene rings is 2. The van der Waals surface area contributed by atoms with Crippen LogP contribution in [0.15, 0.2) is 60.9 Å². The number of aryl methyl sites for hydroxylation is 2. The van der Waals surface area contributed by atoms with Crippen molar-refractivity contribution in [3.05, 3.63) is 199 Å². The maximum Gasteiger partial charge on any atom is 2.00 e. The van der Waals surface area contributed by atoms with E-state index < -0.39 is 0 Å². The second-order valence-corrected chi connectivity index (χ2v) is 20.5. The van der Waals surface area contributed by atoms with Crippen molar-refractivity contribution in [2.75, 3.05) is 103 Å². The Balaban J connectivity index is 0.000000197. The molecule has 2 aliphatic heterocycles. The van der Waals surface area contributed by atoms with E-state index in [1.54, 1.807) is 14.2 Å². The van der Waals surface area contributed by atoms with Crippen LogP contribution in [0, 0.1) is 126 Å². The summed E-state index contributed by atoms with van der Waals surface area (Å²) in [5.74, 6) is 5.69. The molecule has 16 nitrogen and oxygen atoms in total. The molecule has 2 amide bonds. The largest absolute Gasteiger partial charge is 2.00 e. The number of amides is 2. The zero-order valence-corrected chi connectivity index (χ0v) is 50.0. The second-order valence-electron chi connectivity index (χ2n) is 20.5. The molecule has 2 N–H and O–H groups in total. The predicted molar refractivity (Wildman–Crippen MR) is 316 cm³/mol. The molecule has 2 saturated heterocycles. The molecule has 0 unspecified atom stereocenters. The number of aromatic nitrogens is 6. The van der Waals surface area contributed by atoms with Gasteiger partial charge < -0.3 is 29.9 Å². The molecule has 6 aliphatic rings. The molecule has 6 fully saturated rings. The summed E-state index contributed by atoms with van der Waals surface area (Å²) >= 11 is 0. The van der Waals surface area contributed by atoms with E-state index in [9.17, 15) is 9.59 Å². The molecule has 0 bridgehead atoms. The molecule has 0 atom stereocenters. The minimum atomic E-state index is 0. The van der Waals surface area contributed by atoms with Crippen molar-refractivity contribution in [1.82, 2.24) is 50.4 Å². The Morgan fingerprint density at radius 2 is 0.780 bits per heavy atom. The number of unbranched alkanes of at least 4 members (excludes halogenated alkanes) is 7. The van der Waals surface area contributed by atoms with Crippen molar-refractivity contribution in [3.63, 3.8) is 0 Å². The molecule has 0 spiro atoms. The van der Waals surface area contributed by atoms with Gasteiger partial charge in [0.2, 0.25) is 11.8 Å². The summed E-state index contributed by atoms with van der Waals surface area (Å²) in [6.45, 7) is 13.5. The topological polar surface area (TPSA) is 151 Å². The normalized spacial score (nSPS) is 18.3. The van der Waals surface area contributed by atoms with E-state index in [0.29, 0.717) is 0 Å². The van der Waals surface area contributed by atoms with Crippen LogP contribution in [0.25, 0.3) is 0 Å². The Bertz CT molecular complexity index is 2190. The van der Waals surface area contributed by atoms with Crippen LogP contribution >= 0.6 is 0 Å². The molecular formula is C64H82Fe2N12O4+4. The number of anilines is 2. The molecule has 434 valence electrons. The van der Waals surface area contributed by atoms with Crippen molar-refractivity contribution >= 4 is 23.2 Å². The number of nitrogens with zero attached hydrogens (tertiary/aromatic N) is 10. The molecule has 2 aromatic carbocycles. The van der Waals surface area contributed by atoms with E-state index >= 15 is 0 Å². The summed E-state index contributed by atoms with van der Waals surface area (Å²) in [4.78, 5) is 33.4. The van der Waals surface area contributed by atoms with Crippen LogP contribution in [0.4, 0.5) is 11.4 Å². The van der Waals surface area contributed by atoms with E-state index in [1.165, 1.54) is 62.7 Å². The second kappa shape index (κ2) is 38.0. The van der Waals surface area contributed by atoms with Gasteiger partial charge in [-0.15, -0.1) is 10.2 Å². The van der Waals surface area contributed by atoms with Gasteiger partial charge in [0, 0.05) is 103 Å². The van der Waals surface area contributed by atoms with Gasteiger partial charge >= 0.3 is 34.1 Å². The average Bonchev–Trinajstić information content (AvgIpc) is 4.40. The molecule has 4 saturated carbocycles. The summed E-state index contributed by atoms with van der Waals surface area (Å²) in [7, 11) is 3.44. The van der Waals surface area contributed by atoms with Gasteiger partial charge in [-0.05, 0) is 166 Å². The Morgan fingerprint density at radius 3 is 1.15 bits per heavy atom. The summed E-state index contributed by atoms with van der Waals surface area (Å²) in [5, 5.41) is 22.9. The van der Waals surface area contributed by atoms with Crippen LogP contribution in [0.1, 0.15) is 75.6 Å². The summed E-state index contributed by atoms with van der Waals surface area (Å²) in [5.41, 5.74) is 4.28. The fourth-order valence-electron chi connectivity index (χ4n) is 10.2. The van der Waals surface area contributed by atoms with Crippen LogP contribution in [0.5, 0.6) is 11.5 Å². The van der Waals surface area contributed by atoms with Gasteiger partial charge in [0.25, 0.3) is 0 Å². The third-order valence-corrected chi connectivity index (χ3v) is 14.8. The predicted octanol–water partition coefficient (Wildman–Crippen LogP) is 7.65. The Hall–Kier alpha value is -4.18. The minimum Gasteiger partial charge on any atom is -0.495 e. The van der Waals surface area contributed by atoms with Gasteiger partial charge in [-0.2, -0.15) is 0 Å². The van der Waals surface area contributed by atoms with E-state index in [1.807, 2.05) is 123 Å². The molecule has 4 aliphatic carbocycles. The zero-order chi connectivity index (χ0) is 55.4. The maximum atomic E-state index is 11.9. The first-order chi connectivity index (χ1) is 39.4. The van der Waals surface area contributed by atoms with Crippen LogP contribution in [0.3, 0.4) is 0 Å². The minimum absolute atomic E-state index is 0. The number of hydrogen-bond acceptors (Lipinski definition) is 12. The number of nitrogens with one attached hydrogen (secondary N) is 2. The number of methoxy groups -OCH3 is 2. The van der Waals surface area contributed by atoms with Crippen molar-refractivity contribution in [2.45, 2.75) is 77.3 Å². The number of ether oxygens (including phenoxy) is 2. The molecular weight excluding hydrogens is 1110 g/mol. The van der Waals surface area contributed by atoms with E-state index in [0.717, 1.165) is 151 Å². The van der Waals surface area contributed by atoms with Gasteiger partial charge in [0.15, 0.2) is 0 Å². The standard InChI is InChI=1S/C24H30N6.2C20H26N3O2.2Fe/c1(3-5-11-17-29-19-23(25-27-29)21-13-7-8-14-21)2-4-6-12-18-30-20-24(26-28-30)22-15-9-10-16-22;2*1-25-19-10-5-4-9-18(19)23-15-13-22(14-16-23)12-6-11-21-20(24)17-7-2-3-8-17;;/h7-10,13-16,19-20H,1-6,11-12,17-18H2;2*2-5,7-10H,6,11-16H2,1H3,(H,21,24);;/q;;;2*+2. The van der Waals surface area contributed by atoms with Crippen LogP contribution in [-0.2, 0) is 56.8 Å². The number of hydrogen-bond donors (Lipinski definition) is 2. The summed E-state index contributed by atoms with van der Waals surface area (Å²) in [6, 6.07) is 16.4. The van der Waals surface area contributed by atoms with Gasteiger partial charge in [0.05, 0.1) is 48.8 Å². The Labute approximate surface area is 514 Å². The molecule has 18 heteroatoms. The third kappa shape index (κ3) is 22.0. The summed E-state index contributed by atoms with van der Waals surface area (Å²) in [6.07, 6.45) is 47.5. The molecule has 4 aromatic rings. The van der Waals surface area contributed by atoms with Gasteiger partial charge in [0.1, 0.15) is 11.5 Å². The number of carbonyl (C=O) groups excluding carboxylic acids is 2. The SMILES string of the molecule is COc1ccccc1N1CCN(CCCNC(=O)[C]2[CH][CH][CH][CH]2)CC1.COc1ccccc1N1CCN(CCCNC(=O)[C]2[CH][CH][CH][CH]2)CC1.[CH]1[CH][CH][C](c2cn(CCCCCCCCCCn3cc([C]4[CH][CH][CH][CH]4)nn3)nn2)[CH]1.[Fe+2].[Fe+2]. The smallest absolute Gasteiger partial charge is 0.495 e. The monoisotopic (exact) mass is 1190 g/mol. The third-order valence-electron chi connectivity index (χ3n) is 14.8. The van der Waals surface area contributed by atoms with Crippen molar-refractivity contribution in [2.24, 2.45) is 0 Å². The van der Waals surface area contributed by atoms with Crippen LogP contribution < -0.4 is 29.9 Å². The van der Waals surface area contributed by atoms with Gasteiger partial charge in [-0.1, -0.05) is 73.2 Å². The fourth-order valence-corrected chi connectivity index (χ4v) is 10.2. The van der Waals surface area contributed by atoms with Crippen molar-refractivity contribution in [1.29, 1.82) is 0 Å². The molecule has 2 aromatic heterocycles. The molecule has 4 heterocycles. The molecule has 20 radical (unpaired) electrons.